The first-order valence-corrected chi connectivity index (χ1v) is 7.52. The summed E-state index contributed by atoms with van der Waals surface area (Å²) in [5.74, 6) is 0.977. The van der Waals surface area contributed by atoms with Crippen molar-refractivity contribution in [3.05, 3.63) is 58.0 Å². The summed E-state index contributed by atoms with van der Waals surface area (Å²) in [6, 6.07) is 10.4. The van der Waals surface area contributed by atoms with Crippen LogP contribution in [0.15, 0.2) is 51.8 Å². The Hall–Kier alpha value is -1.36. The van der Waals surface area contributed by atoms with Gasteiger partial charge in [-0.1, -0.05) is 6.07 Å². The molecule has 0 spiro atoms. The third-order valence-electron chi connectivity index (χ3n) is 2.64. The molecule has 3 rings (SSSR count). The number of thiophene rings is 2. The number of furan rings is 1. The molecule has 0 atom stereocenters. The lowest BCUT2D eigenvalue weighted by molar-refractivity contribution is 0.484. The molecule has 0 aliphatic carbocycles. The molecule has 0 fully saturated rings. The molecule has 0 aliphatic rings. The van der Waals surface area contributed by atoms with Crippen molar-refractivity contribution >= 4 is 22.7 Å². The minimum absolute atomic E-state index is 0.777. The molecule has 3 heterocycles. The average Bonchev–Trinajstić information content (AvgIpc) is 3.12. The van der Waals surface area contributed by atoms with Gasteiger partial charge in [0.2, 0.25) is 0 Å². The zero-order chi connectivity index (χ0) is 12.2. The highest BCUT2D eigenvalue weighted by Crippen LogP contribution is 2.29. The summed E-state index contributed by atoms with van der Waals surface area (Å²) in [6.45, 7) is 1.66. The van der Waals surface area contributed by atoms with Crippen LogP contribution in [0.2, 0.25) is 0 Å². The summed E-state index contributed by atoms with van der Waals surface area (Å²) in [4.78, 5) is 2.69. The Labute approximate surface area is 114 Å². The lowest BCUT2D eigenvalue weighted by Crippen LogP contribution is -2.10. The van der Waals surface area contributed by atoms with Gasteiger partial charge in [0.25, 0.3) is 0 Å². The summed E-state index contributed by atoms with van der Waals surface area (Å²) < 4.78 is 5.28. The van der Waals surface area contributed by atoms with E-state index < -0.39 is 0 Å². The van der Waals surface area contributed by atoms with Crippen molar-refractivity contribution in [1.29, 1.82) is 0 Å². The van der Waals surface area contributed by atoms with Crippen molar-refractivity contribution in [2.75, 3.05) is 0 Å². The van der Waals surface area contributed by atoms with E-state index in [-0.39, 0.29) is 0 Å². The number of hydrogen-bond donors (Lipinski definition) is 1. The van der Waals surface area contributed by atoms with Gasteiger partial charge in [-0.25, -0.2) is 0 Å². The van der Waals surface area contributed by atoms with E-state index in [1.54, 1.807) is 28.9 Å². The topological polar surface area (TPSA) is 25.2 Å². The Morgan fingerprint density at radius 1 is 1.11 bits per heavy atom. The molecule has 0 aliphatic heterocycles. The highest BCUT2D eigenvalue weighted by atomic mass is 32.1. The fraction of sp³-hybridized carbons (Fsp3) is 0.143. The molecule has 92 valence electrons. The maximum Gasteiger partial charge on any atom is 0.117 e. The Morgan fingerprint density at radius 2 is 2.11 bits per heavy atom. The van der Waals surface area contributed by atoms with E-state index in [1.807, 2.05) is 12.1 Å². The number of rotatable bonds is 5. The van der Waals surface area contributed by atoms with Gasteiger partial charge < -0.3 is 9.73 Å². The quantitative estimate of drug-likeness (QED) is 0.748. The molecular formula is C14H13NOS2. The normalized spacial score (nSPS) is 10.9. The number of hydrogen-bond acceptors (Lipinski definition) is 4. The Morgan fingerprint density at radius 3 is 2.89 bits per heavy atom. The summed E-state index contributed by atoms with van der Waals surface area (Å²) in [6.07, 6.45) is 1.71. The van der Waals surface area contributed by atoms with Crippen LogP contribution in [0.3, 0.4) is 0 Å². The van der Waals surface area contributed by atoms with Crippen molar-refractivity contribution in [2.45, 2.75) is 13.1 Å². The Kier molecular flexibility index (Phi) is 3.59. The van der Waals surface area contributed by atoms with Crippen molar-refractivity contribution in [3.8, 4) is 10.4 Å². The predicted octanol–water partition coefficient (Wildman–Crippen LogP) is 4.36. The van der Waals surface area contributed by atoms with Gasteiger partial charge in [-0.15, -0.1) is 22.7 Å². The minimum atomic E-state index is 0.777. The summed E-state index contributed by atoms with van der Waals surface area (Å²) in [5.41, 5.74) is 1.32. The molecular weight excluding hydrogens is 262 g/mol. The van der Waals surface area contributed by atoms with Crippen molar-refractivity contribution in [2.24, 2.45) is 0 Å². The maximum absolute atomic E-state index is 5.28. The highest BCUT2D eigenvalue weighted by Gasteiger charge is 2.03. The highest BCUT2D eigenvalue weighted by molar-refractivity contribution is 7.14. The van der Waals surface area contributed by atoms with Gasteiger partial charge in [0.05, 0.1) is 12.8 Å². The van der Waals surface area contributed by atoms with Crippen LogP contribution in [0.1, 0.15) is 10.6 Å². The van der Waals surface area contributed by atoms with E-state index in [2.05, 4.69) is 34.3 Å². The van der Waals surface area contributed by atoms with Gasteiger partial charge in [0, 0.05) is 21.9 Å². The van der Waals surface area contributed by atoms with Crippen LogP contribution in [-0.4, -0.2) is 0 Å². The van der Waals surface area contributed by atoms with Crippen LogP contribution >= 0.6 is 22.7 Å². The second kappa shape index (κ2) is 5.52. The average molecular weight is 275 g/mol. The van der Waals surface area contributed by atoms with E-state index in [0.717, 1.165) is 18.8 Å². The zero-order valence-corrected chi connectivity index (χ0v) is 11.4. The monoisotopic (exact) mass is 275 g/mol. The molecule has 3 aromatic heterocycles. The molecule has 0 bridgehead atoms. The second-order valence-corrected chi connectivity index (χ2v) is 5.91. The van der Waals surface area contributed by atoms with Gasteiger partial charge in [0.15, 0.2) is 0 Å². The van der Waals surface area contributed by atoms with Crippen LogP contribution < -0.4 is 5.32 Å². The third kappa shape index (κ3) is 2.72. The van der Waals surface area contributed by atoms with Crippen LogP contribution in [0.4, 0.5) is 0 Å². The van der Waals surface area contributed by atoms with Gasteiger partial charge >= 0.3 is 0 Å². The first-order valence-electron chi connectivity index (χ1n) is 5.76. The van der Waals surface area contributed by atoms with Crippen LogP contribution in [0.25, 0.3) is 10.4 Å². The molecule has 2 nitrogen and oxygen atoms in total. The van der Waals surface area contributed by atoms with Crippen LogP contribution in [0, 0.1) is 0 Å². The molecule has 1 N–H and O–H groups in total. The summed E-state index contributed by atoms with van der Waals surface area (Å²) in [5, 5.41) is 7.71. The SMILES string of the molecule is c1coc(CNCc2cc(-c3cccs3)cs2)c1. The van der Waals surface area contributed by atoms with E-state index >= 15 is 0 Å². The summed E-state index contributed by atoms with van der Waals surface area (Å²) >= 11 is 3.58. The molecule has 0 amide bonds. The van der Waals surface area contributed by atoms with Gasteiger partial charge in [-0.05, 0) is 35.0 Å². The van der Waals surface area contributed by atoms with Crippen molar-refractivity contribution in [1.82, 2.24) is 5.32 Å². The molecule has 0 unspecified atom stereocenters. The lowest BCUT2D eigenvalue weighted by Gasteiger charge is -1.99. The molecule has 0 aromatic carbocycles. The smallest absolute Gasteiger partial charge is 0.117 e. The fourth-order valence-corrected chi connectivity index (χ4v) is 3.41. The molecule has 3 aromatic rings. The van der Waals surface area contributed by atoms with Crippen LogP contribution in [-0.2, 0) is 13.1 Å². The van der Waals surface area contributed by atoms with E-state index in [1.165, 1.54) is 15.3 Å². The Balaban J connectivity index is 1.57. The lowest BCUT2D eigenvalue weighted by atomic mass is 10.2. The molecule has 4 heteroatoms. The molecule has 0 radical (unpaired) electrons. The van der Waals surface area contributed by atoms with Crippen molar-refractivity contribution in [3.63, 3.8) is 0 Å². The first-order chi connectivity index (χ1) is 8.92. The van der Waals surface area contributed by atoms with E-state index in [9.17, 15) is 0 Å². The molecule has 0 saturated carbocycles. The zero-order valence-electron chi connectivity index (χ0n) is 9.76. The van der Waals surface area contributed by atoms with E-state index in [4.69, 9.17) is 4.42 Å². The largest absolute Gasteiger partial charge is 0.468 e. The van der Waals surface area contributed by atoms with Crippen molar-refractivity contribution < 1.29 is 4.42 Å². The molecule has 18 heavy (non-hydrogen) atoms. The van der Waals surface area contributed by atoms with Crippen LogP contribution in [0.5, 0.6) is 0 Å². The fourth-order valence-electron chi connectivity index (χ4n) is 1.77. The minimum Gasteiger partial charge on any atom is -0.468 e. The van der Waals surface area contributed by atoms with E-state index in [0.29, 0.717) is 0 Å². The summed E-state index contributed by atoms with van der Waals surface area (Å²) in [7, 11) is 0. The maximum atomic E-state index is 5.28. The predicted molar refractivity (Wildman–Crippen MR) is 76.9 cm³/mol. The van der Waals surface area contributed by atoms with Gasteiger partial charge in [-0.3, -0.25) is 0 Å². The molecule has 0 saturated heterocycles. The standard InChI is InChI=1S/C14H13NOS2/c1-3-12(16-5-1)8-15-9-13-7-11(10-18-13)14-4-2-6-17-14/h1-7,10,15H,8-9H2. The second-order valence-electron chi connectivity index (χ2n) is 3.96. The first kappa shape index (κ1) is 11.7. The number of nitrogens with one attached hydrogen (secondary N) is 1. The Bertz CT molecular complexity index is 581. The van der Waals surface area contributed by atoms with Gasteiger partial charge in [0.1, 0.15) is 5.76 Å². The third-order valence-corrected chi connectivity index (χ3v) is 4.49. The van der Waals surface area contributed by atoms with Gasteiger partial charge in [-0.2, -0.15) is 0 Å².